The van der Waals surface area contributed by atoms with Crippen LogP contribution in [0.3, 0.4) is 0 Å². The molecule has 7 nitrogen and oxygen atoms in total. The normalized spacial score (nSPS) is 11.3. The Kier molecular flexibility index (Phi) is 7.25. The molecular weight excluding hydrogens is 401 g/mol. The number of amides is 1. The molecule has 0 fully saturated rings. The minimum Gasteiger partial charge on any atom is -0.475 e. The lowest BCUT2D eigenvalue weighted by molar-refractivity contribution is -0.192. The first-order valence-electron chi connectivity index (χ1n) is 9.23. The highest BCUT2D eigenvalue weighted by atomic mass is 19.4. The van der Waals surface area contributed by atoms with Gasteiger partial charge >= 0.3 is 12.1 Å². The van der Waals surface area contributed by atoms with Crippen molar-refractivity contribution in [1.82, 2.24) is 14.5 Å². The number of alkyl halides is 3. The summed E-state index contributed by atoms with van der Waals surface area (Å²) in [7, 11) is 0. The monoisotopic (exact) mass is 424 g/mol. The fourth-order valence-electron chi connectivity index (χ4n) is 2.90. The quantitative estimate of drug-likeness (QED) is 0.643. The summed E-state index contributed by atoms with van der Waals surface area (Å²) in [5, 5.41) is 8.24. The van der Waals surface area contributed by atoms with Crippen LogP contribution in [0.25, 0.3) is 10.9 Å². The van der Waals surface area contributed by atoms with Gasteiger partial charge in [0.25, 0.3) is 0 Å². The van der Waals surface area contributed by atoms with Crippen LogP contribution in [-0.4, -0.2) is 44.2 Å². The molecule has 0 atom stereocenters. The summed E-state index contributed by atoms with van der Waals surface area (Å²) in [5.41, 5.74) is 2.00. The number of hydrogen-bond acceptors (Lipinski definition) is 3. The number of nitrogens with zero attached hydrogens (tertiary/aromatic N) is 3. The number of anilines is 1. The zero-order chi connectivity index (χ0) is 22.5. The molecule has 0 unspecified atom stereocenters. The SMILES string of the molecule is CCN(C(=O)Cn1ccnc1C(C)C)c1ccc2[nH]ccc2c1.O=C(O)C(F)(F)F. The number of nitrogens with one attached hydrogen (secondary N) is 1. The second-order valence-corrected chi connectivity index (χ2v) is 6.76. The Balaban J connectivity index is 0.000000396. The van der Waals surface area contributed by atoms with Gasteiger partial charge in [0, 0.05) is 47.6 Å². The first-order valence-corrected chi connectivity index (χ1v) is 9.23. The lowest BCUT2D eigenvalue weighted by atomic mass is 10.2. The Hall–Kier alpha value is -3.30. The lowest BCUT2D eigenvalue weighted by Gasteiger charge is -2.22. The number of carbonyl (C=O) groups excluding carboxylic acids is 1. The highest BCUT2D eigenvalue weighted by Gasteiger charge is 2.38. The summed E-state index contributed by atoms with van der Waals surface area (Å²) in [6.45, 7) is 7.12. The van der Waals surface area contributed by atoms with Gasteiger partial charge in [0.05, 0.1) is 0 Å². The fraction of sp³-hybridized carbons (Fsp3) is 0.350. The number of hydrogen-bond donors (Lipinski definition) is 2. The van der Waals surface area contributed by atoms with Crippen LogP contribution in [0.15, 0.2) is 42.9 Å². The maximum absolute atomic E-state index is 12.8. The van der Waals surface area contributed by atoms with Crippen molar-refractivity contribution in [1.29, 1.82) is 0 Å². The molecule has 2 aromatic heterocycles. The highest BCUT2D eigenvalue weighted by Crippen LogP contribution is 2.22. The molecule has 30 heavy (non-hydrogen) atoms. The average molecular weight is 424 g/mol. The average Bonchev–Trinajstić information content (AvgIpc) is 3.30. The third kappa shape index (κ3) is 5.62. The van der Waals surface area contributed by atoms with Crippen molar-refractivity contribution >= 4 is 28.5 Å². The number of aliphatic carboxylic acids is 1. The van der Waals surface area contributed by atoms with Gasteiger partial charge in [-0.15, -0.1) is 0 Å². The molecule has 0 spiro atoms. The van der Waals surface area contributed by atoms with Crippen LogP contribution in [0.4, 0.5) is 18.9 Å². The molecule has 0 bridgehead atoms. The third-order valence-corrected chi connectivity index (χ3v) is 4.28. The van der Waals surface area contributed by atoms with E-state index in [1.165, 1.54) is 0 Å². The number of H-pyrrole nitrogens is 1. The van der Waals surface area contributed by atoms with Crippen LogP contribution in [0, 0.1) is 0 Å². The maximum atomic E-state index is 12.8. The van der Waals surface area contributed by atoms with E-state index in [0.717, 1.165) is 22.4 Å². The summed E-state index contributed by atoms with van der Waals surface area (Å²) >= 11 is 0. The van der Waals surface area contributed by atoms with E-state index in [4.69, 9.17) is 9.90 Å². The van der Waals surface area contributed by atoms with Crippen molar-refractivity contribution in [2.75, 3.05) is 11.4 Å². The summed E-state index contributed by atoms with van der Waals surface area (Å²) in [6, 6.07) is 8.06. The van der Waals surface area contributed by atoms with E-state index in [9.17, 15) is 18.0 Å². The van der Waals surface area contributed by atoms with Crippen molar-refractivity contribution in [3.8, 4) is 0 Å². The number of aromatic nitrogens is 3. The smallest absolute Gasteiger partial charge is 0.475 e. The van der Waals surface area contributed by atoms with Crippen LogP contribution in [-0.2, 0) is 16.1 Å². The standard InChI is InChI=1S/C18H22N4O.C2HF3O2/c1-4-22(15-5-6-16-14(11-15)7-8-19-16)17(23)12-21-10-9-20-18(21)13(2)3;3-2(4,5)1(6)7/h5-11,13,19H,4,12H2,1-3H3;(H,6,7). The number of aromatic amines is 1. The lowest BCUT2D eigenvalue weighted by Crippen LogP contribution is -2.34. The molecular formula is C20H23F3N4O3. The first kappa shape index (κ1) is 23.0. The number of carboxylic acid groups (broad SMARTS) is 1. The molecule has 162 valence electrons. The van der Waals surface area contributed by atoms with Gasteiger partial charge in [-0.05, 0) is 31.2 Å². The largest absolute Gasteiger partial charge is 0.490 e. The molecule has 0 radical (unpaired) electrons. The van der Waals surface area contributed by atoms with Crippen LogP contribution >= 0.6 is 0 Å². The summed E-state index contributed by atoms with van der Waals surface area (Å²) in [5.74, 6) is -1.45. The molecule has 1 amide bonds. The number of halogens is 3. The Morgan fingerprint density at radius 2 is 1.93 bits per heavy atom. The molecule has 0 aliphatic rings. The first-order chi connectivity index (χ1) is 14.0. The Morgan fingerprint density at radius 1 is 1.27 bits per heavy atom. The van der Waals surface area contributed by atoms with Gasteiger partial charge < -0.3 is 19.6 Å². The van der Waals surface area contributed by atoms with E-state index in [1.807, 2.05) is 53.0 Å². The van der Waals surface area contributed by atoms with Gasteiger partial charge in [-0.3, -0.25) is 4.79 Å². The molecule has 0 aliphatic carbocycles. The molecule has 2 N–H and O–H groups in total. The van der Waals surface area contributed by atoms with Crippen LogP contribution in [0.5, 0.6) is 0 Å². The molecule has 0 saturated heterocycles. The summed E-state index contributed by atoms with van der Waals surface area (Å²) < 4.78 is 33.7. The zero-order valence-corrected chi connectivity index (χ0v) is 16.8. The fourth-order valence-corrected chi connectivity index (χ4v) is 2.90. The van der Waals surface area contributed by atoms with Crippen molar-refractivity contribution in [2.45, 2.75) is 39.4 Å². The molecule has 1 aromatic carbocycles. The van der Waals surface area contributed by atoms with Crippen molar-refractivity contribution in [3.63, 3.8) is 0 Å². The van der Waals surface area contributed by atoms with E-state index in [1.54, 1.807) is 6.20 Å². The Bertz CT molecular complexity index is 1010. The van der Waals surface area contributed by atoms with Gasteiger partial charge in [-0.25, -0.2) is 9.78 Å². The summed E-state index contributed by atoms with van der Waals surface area (Å²) in [4.78, 5) is 31.0. The second kappa shape index (κ2) is 9.47. The number of fused-ring (bicyclic) bond motifs is 1. The van der Waals surface area contributed by atoms with Gasteiger partial charge in [0.15, 0.2) is 0 Å². The number of benzene rings is 1. The van der Waals surface area contributed by atoms with Crippen molar-refractivity contribution in [3.05, 3.63) is 48.7 Å². The van der Waals surface area contributed by atoms with E-state index in [2.05, 4.69) is 23.8 Å². The van der Waals surface area contributed by atoms with Crippen LogP contribution < -0.4 is 4.90 Å². The predicted octanol–water partition coefficient (Wildman–Crippen LogP) is 4.17. The minimum atomic E-state index is -5.08. The number of rotatable bonds is 5. The molecule has 3 aromatic rings. The molecule has 3 rings (SSSR count). The Morgan fingerprint density at radius 3 is 2.50 bits per heavy atom. The van der Waals surface area contributed by atoms with E-state index < -0.39 is 12.1 Å². The molecule has 10 heteroatoms. The van der Waals surface area contributed by atoms with Gasteiger partial charge in [0.2, 0.25) is 5.91 Å². The van der Waals surface area contributed by atoms with Crippen molar-refractivity contribution in [2.24, 2.45) is 0 Å². The molecule has 0 saturated carbocycles. The van der Waals surface area contributed by atoms with Crippen molar-refractivity contribution < 1.29 is 27.9 Å². The molecule has 0 aliphatic heterocycles. The number of imidazole rings is 1. The highest BCUT2D eigenvalue weighted by molar-refractivity contribution is 5.95. The second-order valence-electron chi connectivity index (χ2n) is 6.76. The maximum Gasteiger partial charge on any atom is 0.490 e. The van der Waals surface area contributed by atoms with Gasteiger partial charge in [-0.1, -0.05) is 13.8 Å². The third-order valence-electron chi connectivity index (χ3n) is 4.28. The van der Waals surface area contributed by atoms with Gasteiger partial charge in [-0.2, -0.15) is 13.2 Å². The number of carbonyl (C=O) groups is 2. The number of likely N-dealkylation sites (N-methyl/N-ethyl adjacent to an activating group) is 1. The Labute approximate surface area is 171 Å². The van der Waals surface area contributed by atoms with E-state index in [-0.39, 0.29) is 5.91 Å². The van der Waals surface area contributed by atoms with E-state index in [0.29, 0.717) is 19.0 Å². The van der Waals surface area contributed by atoms with Gasteiger partial charge in [0.1, 0.15) is 12.4 Å². The minimum absolute atomic E-state index is 0.0716. The topological polar surface area (TPSA) is 91.2 Å². The number of carboxylic acids is 1. The summed E-state index contributed by atoms with van der Waals surface area (Å²) in [6.07, 6.45) is 0.453. The molecule has 2 heterocycles. The zero-order valence-electron chi connectivity index (χ0n) is 16.8. The van der Waals surface area contributed by atoms with E-state index >= 15 is 0 Å². The van der Waals surface area contributed by atoms with Crippen LogP contribution in [0.2, 0.25) is 0 Å². The predicted molar refractivity (Wildman–Crippen MR) is 106 cm³/mol. The van der Waals surface area contributed by atoms with Crippen LogP contribution in [0.1, 0.15) is 32.5 Å².